The van der Waals surface area contributed by atoms with Crippen molar-refractivity contribution in [2.75, 3.05) is 19.7 Å². The monoisotopic (exact) mass is 627 g/mol. The first-order valence-corrected chi connectivity index (χ1v) is 15.5. The molecule has 1 aliphatic heterocycles. The van der Waals surface area contributed by atoms with Crippen LogP contribution in [0.25, 0.3) is 10.9 Å². The number of nitrogens with one attached hydrogen (secondary N) is 1. The molecule has 5 rings (SSSR count). The van der Waals surface area contributed by atoms with Crippen LogP contribution in [0, 0.1) is 6.92 Å². The lowest BCUT2D eigenvalue weighted by atomic mass is 10.1. The molecule has 0 spiro atoms. The molecule has 1 saturated heterocycles. The maximum Gasteiger partial charge on any atom is 0.412 e. The fraction of sp³-hybridized carbons (Fsp3) is 0.361. The van der Waals surface area contributed by atoms with E-state index in [9.17, 15) is 14.4 Å². The number of para-hydroxylation sites is 1. The van der Waals surface area contributed by atoms with E-state index in [0.717, 1.165) is 16.6 Å². The van der Waals surface area contributed by atoms with E-state index in [4.69, 9.17) is 18.9 Å². The van der Waals surface area contributed by atoms with Crippen LogP contribution in [0.4, 0.5) is 4.79 Å². The van der Waals surface area contributed by atoms with Gasteiger partial charge in [0, 0.05) is 29.7 Å². The van der Waals surface area contributed by atoms with Gasteiger partial charge in [0.15, 0.2) is 6.73 Å². The number of benzene rings is 3. The van der Waals surface area contributed by atoms with Crippen LogP contribution >= 0.6 is 0 Å². The van der Waals surface area contributed by atoms with Crippen molar-refractivity contribution in [3.05, 3.63) is 96.2 Å². The van der Waals surface area contributed by atoms with E-state index >= 15 is 0 Å². The summed E-state index contributed by atoms with van der Waals surface area (Å²) < 4.78 is 25.2. The number of hydrogen-bond donors (Lipinski definition) is 1. The largest absolute Gasteiger partial charge is 0.489 e. The summed E-state index contributed by atoms with van der Waals surface area (Å²) >= 11 is 0. The number of likely N-dealkylation sites (tertiary alicyclic amines) is 1. The van der Waals surface area contributed by atoms with Crippen LogP contribution in [-0.4, -0.2) is 64.9 Å². The number of ether oxygens (including phenoxy) is 4. The van der Waals surface area contributed by atoms with Crippen molar-refractivity contribution in [3.8, 4) is 11.5 Å². The Morgan fingerprint density at radius 1 is 0.957 bits per heavy atom. The van der Waals surface area contributed by atoms with Gasteiger partial charge in [0.05, 0.1) is 11.1 Å². The lowest BCUT2D eigenvalue weighted by molar-refractivity contribution is -0.139. The number of hydrogen-bond acceptors (Lipinski definition) is 8. The minimum atomic E-state index is -0.702. The molecule has 1 aliphatic rings. The molecule has 4 aromatic rings. The van der Waals surface area contributed by atoms with Crippen LogP contribution < -0.4 is 14.8 Å². The molecule has 0 saturated carbocycles. The summed E-state index contributed by atoms with van der Waals surface area (Å²) in [5, 5.41) is 4.23. The molecule has 2 heterocycles. The first kappa shape index (κ1) is 32.6. The van der Waals surface area contributed by atoms with Gasteiger partial charge in [0.25, 0.3) is 0 Å². The van der Waals surface area contributed by atoms with Gasteiger partial charge < -0.3 is 28.8 Å². The van der Waals surface area contributed by atoms with Gasteiger partial charge in [-0.15, -0.1) is 0 Å². The van der Waals surface area contributed by atoms with E-state index in [0.29, 0.717) is 43.0 Å². The predicted molar refractivity (Wildman–Crippen MR) is 174 cm³/mol. The van der Waals surface area contributed by atoms with E-state index in [1.165, 1.54) is 4.90 Å². The molecular formula is C36H41N3O7. The normalized spacial score (nSPS) is 15.4. The molecule has 10 heteroatoms. The lowest BCUT2D eigenvalue weighted by Crippen LogP contribution is -2.44. The molecule has 46 heavy (non-hydrogen) atoms. The second kappa shape index (κ2) is 14.5. The van der Waals surface area contributed by atoms with Crippen molar-refractivity contribution in [1.82, 2.24) is 14.8 Å². The van der Waals surface area contributed by atoms with Gasteiger partial charge in [-0.2, -0.15) is 0 Å². The molecule has 0 bridgehead atoms. The third-order valence-electron chi connectivity index (χ3n) is 7.72. The molecule has 1 aromatic heterocycles. The molecule has 3 aromatic carbocycles. The minimum absolute atomic E-state index is 0.0403. The molecule has 0 aliphatic carbocycles. The van der Waals surface area contributed by atoms with Crippen LogP contribution in [-0.2, 0) is 21.0 Å². The summed E-state index contributed by atoms with van der Waals surface area (Å²) in [5.74, 6) is 0.160. The fourth-order valence-corrected chi connectivity index (χ4v) is 5.32. The minimum Gasteiger partial charge on any atom is -0.489 e. The van der Waals surface area contributed by atoms with Crippen molar-refractivity contribution in [2.45, 2.75) is 65.0 Å². The van der Waals surface area contributed by atoms with Crippen LogP contribution in [0.3, 0.4) is 0 Å². The van der Waals surface area contributed by atoms with E-state index in [1.54, 1.807) is 48.5 Å². The molecule has 10 nitrogen and oxygen atoms in total. The third kappa shape index (κ3) is 8.25. The Morgan fingerprint density at radius 2 is 1.67 bits per heavy atom. The highest BCUT2D eigenvalue weighted by atomic mass is 16.6. The van der Waals surface area contributed by atoms with Crippen LogP contribution in [0.2, 0.25) is 0 Å². The zero-order chi connectivity index (χ0) is 32.7. The number of aromatic nitrogens is 1. The standard InChI is InChI=1S/C36H41N3O7/c1-25-21-29-30(39(25)24-44-35(42)38-20-12-18-31(38)34(41)45-27-15-9-6-10-16-27)17-11-19-32(29)43-23-28(22-37-36(2,3)4)46-33(40)26-13-7-5-8-14-26/h5-11,13-17,19,21,28,31,37H,12,18,20,22-24H2,1-4H3. The second-order valence-electron chi connectivity index (χ2n) is 12.4. The SMILES string of the molecule is Cc1cc2c(OCC(CNC(C)(C)C)OC(=O)c3ccccc3)cccc2n1COC(=O)N1CCCC1C(=O)Oc1ccccc1. The fourth-order valence-electron chi connectivity index (χ4n) is 5.32. The van der Waals surface area contributed by atoms with Crippen molar-refractivity contribution >= 4 is 28.9 Å². The Bertz CT molecular complexity index is 1650. The Balaban J connectivity index is 1.24. The topological polar surface area (TPSA) is 108 Å². The van der Waals surface area contributed by atoms with Gasteiger partial charge in [0.2, 0.25) is 0 Å². The van der Waals surface area contributed by atoms with Gasteiger partial charge in [-0.25, -0.2) is 14.4 Å². The van der Waals surface area contributed by atoms with Crippen LogP contribution in [0.5, 0.6) is 11.5 Å². The summed E-state index contributed by atoms with van der Waals surface area (Å²) in [6, 6.07) is 24.6. The molecule has 1 amide bonds. The van der Waals surface area contributed by atoms with Crippen molar-refractivity contribution < 1.29 is 33.3 Å². The Morgan fingerprint density at radius 3 is 2.39 bits per heavy atom. The zero-order valence-corrected chi connectivity index (χ0v) is 26.7. The quantitative estimate of drug-likeness (QED) is 0.157. The molecule has 1 N–H and O–H groups in total. The van der Waals surface area contributed by atoms with E-state index in [2.05, 4.69) is 5.32 Å². The number of fused-ring (bicyclic) bond motifs is 1. The molecular weight excluding hydrogens is 586 g/mol. The van der Waals surface area contributed by atoms with Crippen molar-refractivity contribution in [2.24, 2.45) is 0 Å². The number of carbonyl (C=O) groups is 3. The maximum absolute atomic E-state index is 13.1. The van der Waals surface area contributed by atoms with E-state index < -0.39 is 30.2 Å². The lowest BCUT2D eigenvalue weighted by Gasteiger charge is -2.25. The summed E-state index contributed by atoms with van der Waals surface area (Å²) in [7, 11) is 0. The highest BCUT2D eigenvalue weighted by Crippen LogP contribution is 2.30. The Labute approximate surface area is 269 Å². The molecule has 1 fully saturated rings. The highest BCUT2D eigenvalue weighted by molar-refractivity contribution is 5.89. The summed E-state index contributed by atoms with van der Waals surface area (Å²) in [5.41, 5.74) is 1.97. The molecule has 2 unspecified atom stereocenters. The van der Waals surface area contributed by atoms with Gasteiger partial charge in [-0.1, -0.05) is 42.5 Å². The summed E-state index contributed by atoms with van der Waals surface area (Å²) in [6.07, 6.45) is 0.0757. The van der Waals surface area contributed by atoms with Gasteiger partial charge in [-0.05, 0) is 83.0 Å². The summed E-state index contributed by atoms with van der Waals surface area (Å²) in [6.45, 7) is 8.97. The first-order chi connectivity index (χ1) is 22.1. The number of amides is 1. The van der Waals surface area contributed by atoms with Crippen molar-refractivity contribution in [3.63, 3.8) is 0 Å². The smallest absolute Gasteiger partial charge is 0.412 e. The van der Waals surface area contributed by atoms with Gasteiger partial charge in [0.1, 0.15) is 30.3 Å². The maximum atomic E-state index is 13.1. The second-order valence-corrected chi connectivity index (χ2v) is 12.4. The van der Waals surface area contributed by atoms with Gasteiger partial charge >= 0.3 is 18.0 Å². The average molecular weight is 628 g/mol. The predicted octanol–water partition coefficient (Wildman–Crippen LogP) is 6.11. The first-order valence-electron chi connectivity index (χ1n) is 15.5. The van der Waals surface area contributed by atoms with E-state index in [-0.39, 0.29) is 18.9 Å². The number of rotatable bonds is 11. The molecule has 2 atom stereocenters. The number of carbonyl (C=O) groups excluding carboxylic acids is 3. The Kier molecular flexibility index (Phi) is 10.3. The van der Waals surface area contributed by atoms with Gasteiger partial charge in [-0.3, -0.25) is 4.90 Å². The Hall–Kier alpha value is -4.83. The third-order valence-corrected chi connectivity index (χ3v) is 7.72. The number of nitrogens with zero attached hydrogens (tertiary/aromatic N) is 2. The van der Waals surface area contributed by atoms with E-state index in [1.807, 2.05) is 68.7 Å². The molecule has 242 valence electrons. The van der Waals surface area contributed by atoms with Crippen LogP contribution in [0.1, 0.15) is 49.7 Å². The number of aryl methyl sites for hydroxylation is 1. The zero-order valence-electron chi connectivity index (χ0n) is 26.7. The highest BCUT2D eigenvalue weighted by Gasteiger charge is 2.36. The molecule has 0 radical (unpaired) electrons. The summed E-state index contributed by atoms with van der Waals surface area (Å²) in [4.78, 5) is 40.2. The van der Waals surface area contributed by atoms with Crippen LogP contribution in [0.15, 0.2) is 84.9 Å². The van der Waals surface area contributed by atoms with Crippen molar-refractivity contribution in [1.29, 1.82) is 0 Å². The number of esters is 2. The average Bonchev–Trinajstić information content (AvgIpc) is 3.66.